The van der Waals surface area contributed by atoms with E-state index in [0.29, 0.717) is 5.52 Å². The van der Waals surface area contributed by atoms with Crippen molar-refractivity contribution in [3.05, 3.63) is 48.3 Å². The number of nitrogens with one attached hydrogen (secondary N) is 1. The van der Waals surface area contributed by atoms with Crippen LogP contribution in [0.4, 0.5) is 4.79 Å². The van der Waals surface area contributed by atoms with Crippen molar-refractivity contribution in [3.8, 4) is 5.88 Å². The zero-order valence-corrected chi connectivity index (χ0v) is 13.7. The number of carbonyl (C=O) groups excluding carboxylic acids is 1. The van der Waals surface area contributed by atoms with Crippen LogP contribution in [0.3, 0.4) is 0 Å². The number of rotatable bonds is 3. The molecule has 0 aliphatic rings. The number of carbonyl (C=O) groups is 1. The summed E-state index contributed by atoms with van der Waals surface area (Å²) in [6.07, 6.45) is 1.87. The first-order valence-electron chi connectivity index (χ1n) is 6.98. The lowest BCUT2D eigenvalue weighted by Gasteiger charge is -2.07. The quantitative estimate of drug-likeness (QED) is 0.774. The van der Waals surface area contributed by atoms with Gasteiger partial charge in [0.1, 0.15) is 5.52 Å². The van der Waals surface area contributed by atoms with Gasteiger partial charge in [-0.05, 0) is 25.1 Å². The van der Waals surface area contributed by atoms with Gasteiger partial charge in [-0.2, -0.15) is 0 Å². The second-order valence-corrected chi connectivity index (χ2v) is 6.80. The summed E-state index contributed by atoms with van der Waals surface area (Å²) in [5.41, 5.74) is 1.41. The maximum absolute atomic E-state index is 12.7. The van der Waals surface area contributed by atoms with E-state index < -0.39 is 16.1 Å². The minimum Gasteiger partial charge on any atom is -0.390 e. The highest BCUT2D eigenvalue weighted by Gasteiger charge is 2.20. The molecule has 0 bridgehead atoms. The molecule has 2 aromatic heterocycles. The molecule has 3 aromatic rings. The maximum atomic E-state index is 12.7. The Bertz CT molecular complexity index is 1010. The van der Waals surface area contributed by atoms with Gasteiger partial charge in [0, 0.05) is 13.2 Å². The molecule has 9 heteroatoms. The Balaban J connectivity index is 2.04. The third-order valence-electron chi connectivity index (χ3n) is 3.31. The minimum atomic E-state index is -3.79. The number of aromatic nitrogens is 3. The van der Waals surface area contributed by atoms with Crippen molar-refractivity contribution in [1.29, 1.82) is 0 Å². The maximum Gasteiger partial charge on any atom is 0.413 e. The van der Waals surface area contributed by atoms with Crippen LogP contribution in [0.1, 0.15) is 5.56 Å². The zero-order valence-electron chi connectivity index (χ0n) is 12.9. The number of ether oxygens (including phenoxy) is 1. The molecule has 1 amide bonds. The fourth-order valence-electron chi connectivity index (χ4n) is 2.08. The molecule has 124 valence electrons. The van der Waals surface area contributed by atoms with Crippen LogP contribution in [0.2, 0.25) is 0 Å². The average Bonchev–Trinajstić information content (AvgIpc) is 2.99. The minimum absolute atomic E-state index is 0.0210. The summed E-state index contributed by atoms with van der Waals surface area (Å²) < 4.78 is 31.4. The topological polar surface area (TPSA) is 103 Å². The van der Waals surface area contributed by atoms with E-state index in [9.17, 15) is 13.2 Å². The van der Waals surface area contributed by atoms with E-state index >= 15 is 0 Å². The van der Waals surface area contributed by atoms with Crippen LogP contribution in [-0.2, 0) is 10.0 Å². The second kappa shape index (κ2) is 5.93. The van der Waals surface area contributed by atoms with Crippen LogP contribution in [0.25, 0.3) is 11.2 Å². The van der Waals surface area contributed by atoms with Gasteiger partial charge < -0.3 is 10.1 Å². The van der Waals surface area contributed by atoms with Gasteiger partial charge in [0.15, 0.2) is 5.65 Å². The molecule has 0 spiro atoms. The number of benzene rings is 1. The Kier molecular flexibility index (Phi) is 3.94. The van der Waals surface area contributed by atoms with Crippen molar-refractivity contribution >= 4 is 27.3 Å². The Labute approximate surface area is 138 Å². The van der Waals surface area contributed by atoms with Crippen molar-refractivity contribution in [2.24, 2.45) is 0 Å². The summed E-state index contributed by atoms with van der Waals surface area (Å²) in [5.74, 6) is -0.0210. The zero-order chi connectivity index (χ0) is 17.3. The fourth-order valence-corrected chi connectivity index (χ4v) is 3.38. The van der Waals surface area contributed by atoms with Crippen LogP contribution >= 0.6 is 0 Å². The first kappa shape index (κ1) is 15.9. The average molecular weight is 346 g/mol. The molecule has 0 atom stereocenters. The first-order chi connectivity index (χ1) is 11.4. The highest BCUT2D eigenvalue weighted by molar-refractivity contribution is 7.90. The molecule has 24 heavy (non-hydrogen) atoms. The summed E-state index contributed by atoms with van der Waals surface area (Å²) in [7, 11) is -2.37. The van der Waals surface area contributed by atoms with Crippen molar-refractivity contribution in [3.63, 3.8) is 0 Å². The van der Waals surface area contributed by atoms with Crippen molar-refractivity contribution < 1.29 is 17.9 Å². The van der Waals surface area contributed by atoms with Crippen LogP contribution in [0.5, 0.6) is 5.88 Å². The molecular formula is C15H14N4O4S. The summed E-state index contributed by atoms with van der Waals surface area (Å²) in [6, 6.07) is 8.00. The van der Waals surface area contributed by atoms with Gasteiger partial charge in [0.2, 0.25) is 5.88 Å². The van der Waals surface area contributed by atoms with E-state index in [0.717, 1.165) is 9.54 Å². The largest absolute Gasteiger partial charge is 0.413 e. The lowest BCUT2D eigenvalue weighted by Crippen LogP contribution is -2.22. The molecule has 0 aliphatic carbocycles. The predicted octanol–water partition coefficient (Wildman–Crippen LogP) is 1.69. The molecule has 0 fully saturated rings. The molecule has 1 N–H and O–H groups in total. The van der Waals surface area contributed by atoms with Gasteiger partial charge in [-0.1, -0.05) is 17.7 Å². The lowest BCUT2D eigenvalue weighted by molar-refractivity contribution is 0.201. The lowest BCUT2D eigenvalue weighted by atomic mass is 10.2. The Morgan fingerprint density at radius 1 is 1.21 bits per heavy atom. The monoisotopic (exact) mass is 346 g/mol. The first-order valence-corrected chi connectivity index (χ1v) is 8.42. The Hall–Kier alpha value is -2.94. The third-order valence-corrected chi connectivity index (χ3v) is 4.99. The normalized spacial score (nSPS) is 11.4. The van der Waals surface area contributed by atoms with E-state index in [2.05, 4.69) is 15.3 Å². The van der Waals surface area contributed by atoms with E-state index in [1.54, 1.807) is 12.1 Å². The van der Waals surface area contributed by atoms with E-state index in [-0.39, 0.29) is 16.4 Å². The summed E-state index contributed by atoms with van der Waals surface area (Å²) in [6.45, 7) is 1.88. The molecule has 1 aromatic carbocycles. The van der Waals surface area contributed by atoms with Crippen molar-refractivity contribution in [1.82, 2.24) is 19.3 Å². The predicted molar refractivity (Wildman–Crippen MR) is 86.4 cm³/mol. The third kappa shape index (κ3) is 2.81. The number of nitrogens with zero attached hydrogens (tertiary/aromatic N) is 3. The van der Waals surface area contributed by atoms with Gasteiger partial charge in [0.05, 0.1) is 11.1 Å². The summed E-state index contributed by atoms with van der Waals surface area (Å²) in [5, 5.41) is 2.29. The number of aryl methyl sites for hydroxylation is 1. The molecular weight excluding hydrogens is 332 g/mol. The standard InChI is InChI=1S/C15H14N4O4S/c1-10-3-5-11(6-4-10)24(21,22)19-8-7-12-14(19)17-9-13(18-12)23-15(20)16-2/h3-9H,1-2H3,(H,16,20). The summed E-state index contributed by atoms with van der Waals surface area (Å²) >= 11 is 0. The number of amides is 1. The van der Waals surface area contributed by atoms with E-state index in [4.69, 9.17) is 4.74 Å². The van der Waals surface area contributed by atoms with Gasteiger partial charge in [-0.25, -0.2) is 27.2 Å². The number of hydrogen-bond acceptors (Lipinski definition) is 6. The highest BCUT2D eigenvalue weighted by Crippen LogP contribution is 2.21. The van der Waals surface area contributed by atoms with Crippen LogP contribution in [0, 0.1) is 6.92 Å². The Morgan fingerprint density at radius 3 is 2.58 bits per heavy atom. The van der Waals surface area contributed by atoms with Gasteiger partial charge in [-0.3, -0.25) is 0 Å². The number of fused-ring (bicyclic) bond motifs is 1. The van der Waals surface area contributed by atoms with Gasteiger partial charge in [0.25, 0.3) is 10.0 Å². The molecule has 8 nitrogen and oxygen atoms in total. The number of hydrogen-bond donors (Lipinski definition) is 1. The van der Waals surface area contributed by atoms with E-state index in [1.807, 2.05) is 6.92 Å². The van der Waals surface area contributed by atoms with Crippen LogP contribution in [0.15, 0.2) is 47.6 Å². The molecule has 0 aliphatic heterocycles. The molecule has 0 saturated heterocycles. The van der Waals surface area contributed by atoms with Crippen LogP contribution in [-0.4, -0.2) is 35.5 Å². The van der Waals surface area contributed by atoms with Gasteiger partial charge in [-0.15, -0.1) is 0 Å². The highest BCUT2D eigenvalue weighted by atomic mass is 32.2. The van der Waals surface area contributed by atoms with Crippen molar-refractivity contribution in [2.45, 2.75) is 11.8 Å². The smallest absolute Gasteiger partial charge is 0.390 e. The fraction of sp³-hybridized carbons (Fsp3) is 0.133. The molecule has 0 unspecified atom stereocenters. The van der Waals surface area contributed by atoms with Gasteiger partial charge >= 0.3 is 6.09 Å². The molecule has 2 heterocycles. The van der Waals surface area contributed by atoms with E-state index in [1.165, 1.54) is 37.6 Å². The van der Waals surface area contributed by atoms with Crippen molar-refractivity contribution in [2.75, 3.05) is 7.05 Å². The summed E-state index contributed by atoms with van der Waals surface area (Å²) in [4.78, 5) is 19.5. The molecule has 3 rings (SSSR count). The van der Waals surface area contributed by atoms with Crippen LogP contribution < -0.4 is 10.1 Å². The second-order valence-electron chi connectivity index (χ2n) is 4.99. The SMILES string of the molecule is CNC(=O)Oc1cnc2c(ccn2S(=O)(=O)c2ccc(C)cc2)n1. The Morgan fingerprint density at radius 2 is 1.92 bits per heavy atom. The molecule has 0 saturated carbocycles. The molecule has 0 radical (unpaired) electrons.